The Balaban J connectivity index is 2.13. The molecular formula is C14H10BrN3O4. The van der Waals surface area contributed by atoms with E-state index in [0.29, 0.717) is 0 Å². The normalized spacial score (nSPS) is 11.0. The molecule has 8 heteroatoms. The van der Waals surface area contributed by atoms with Crippen molar-refractivity contribution in [1.82, 2.24) is 14.6 Å². The maximum absolute atomic E-state index is 12.1. The number of nitrogens with one attached hydrogen (secondary N) is 1. The SMILES string of the molecule is O=C(O)c1cnn2c(O)c(Cc3ccc(Br)cc3)c(=O)[nH]c12. The minimum atomic E-state index is -1.23. The van der Waals surface area contributed by atoms with Crippen molar-refractivity contribution in [3.05, 3.63) is 62.0 Å². The summed E-state index contributed by atoms with van der Waals surface area (Å²) in [5.41, 5.74) is 0.178. The van der Waals surface area contributed by atoms with Gasteiger partial charge in [0.15, 0.2) is 5.65 Å². The molecule has 0 amide bonds. The van der Waals surface area contributed by atoms with Crippen LogP contribution in [0.4, 0.5) is 0 Å². The molecule has 0 radical (unpaired) electrons. The van der Waals surface area contributed by atoms with E-state index < -0.39 is 11.5 Å². The lowest BCUT2D eigenvalue weighted by Gasteiger charge is -2.06. The monoisotopic (exact) mass is 363 g/mol. The summed E-state index contributed by atoms with van der Waals surface area (Å²) in [6.07, 6.45) is 1.28. The van der Waals surface area contributed by atoms with Crippen LogP contribution >= 0.6 is 15.9 Å². The molecule has 0 unspecified atom stereocenters. The van der Waals surface area contributed by atoms with Crippen molar-refractivity contribution in [1.29, 1.82) is 0 Å². The maximum atomic E-state index is 12.1. The molecule has 0 atom stereocenters. The summed E-state index contributed by atoms with van der Waals surface area (Å²) in [5, 5.41) is 23.0. The average molecular weight is 364 g/mol. The Hall–Kier alpha value is -2.61. The molecule has 0 spiro atoms. The summed E-state index contributed by atoms with van der Waals surface area (Å²) in [7, 11) is 0. The molecule has 0 bridgehead atoms. The molecule has 7 nitrogen and oxygen atoms in total. The third-order valence-electron chi connectivity index (χ3n) is 3.27. The van der Waals surface area contributed by atoms with Crippen LogP contribution < -0.4 is 5.56 Å². The van der Waals surface area contributed by atoms with Crippen LogP contribution in [0.1, 0.15) is 21.5 Å². The molecule has 0 aliphatic rings. The van der Waals surface area contributed by atoms with Crippen molar-refractivity contribution in [2.75, 3.05) is 0 Å². The van der Waals surface area contributed by atoms with Gasteiger partial charge in [-0.15, -0.1) is 0 Å². The standard InChI is InChI=1S/C14H10BrN3O4/c15-8-3-1-7(2-4-8)5-9-12(19)17-11-10(14(21)22)6-16-18(11)13(9)20/h1-4,6,20H,5H2,(H,17,19)(H,21,22). The number of aromatic nitrogens is 3. The van der Waals surface area contributed by atoms with Crippen LogP contribution in [-0.2, 0) is 6.42 Å². The Kier molecular flexibility index (Phi) is 3.45. The Morgan fingerprint density at radius 1 is 1.32 bits per heavy atom. The number of hydrogen-bond donors (Lipinski definition) is 3. The van der Waals surface area contributed by atoms with E-state index in [0.717, 1.165) is 20.7 Å². The highest BCUT2D eigenvalue weighted by Crippen LogP contribution is 2.20. The first-order chi connectivity index (χ1) is 10.5. The first-order valence-corrected chi connectivity index (χ1v) is 7.06. The molecular weight excluding hydrogens is 354 g/mol. The molecule has 0 saturated heterocycles. The Bertz CT molecular complexity index is 928. The van der Waals surface area contributed by atoms with Gasteiger partial charge in [0.2, 0.25) is 5.88 Å². The fraction of sp³-hybridized carbons (Fsp3) is 0.0714. The molecule has 0 aliphatic heterocycles. The number of carbonyl (C=O) groups is 1. The van der Waals surface area contributed by atoms with Gasteiger partial charge in [-0.05, 0) is 17.7 Å². The number of hydrogen-bond acceptors (Lipinski definition) is 4. The van der Waals surface area contributed by atoms with Crippen LogP contribution in [0.2, 0.25) is 0 Å². The minimum Gasteiger partial charge on any atom is -0.493 e. The van der Waals surface area contributed by atoms with Gasteiger partial charge in [0.25, 0.3) is 5.56 Å². The number of H-pyrrole nitrogens is 1. The van der Waals surface area contributed by atoms with Crippen LogP contribution in [0.5, 0.6) is 5.88 Å². The highest BCUT2D eigenvalue weighted by molar-refractivity contribution is 9.10. The smallest absolute Gasteiger partial charge is 0.341 e. The summed E-state index contributed by atoms with van der Waals surface area (Å²) in [4.78, 5) is 25.6. The minimum absolute atomic E-state index is 0.0467. The van der Waals surface area contributed by atoms with Gasteiger partial charge in [-0.2, -0.15) is 9.61 Å². The average Bonchev–Trinajstić information content (AvgIpc) is 2.89. The summed E-state index contributed by atoms with van der Waals surface area (Å²) >= 11 is 3.32. The quantitative estimate of drug-likeness (QED) is 0.657. The molecule has 0 saturated carbocycles. The number of aromatic hydroxyl groups is 1. The summed E-state index contributed by atoms with van der Waals surface area (Å²) in [6.45, 7) is 0. The second kappa shape index (κ2) is 5.30. The van der Waals surface area contributed by atoms with Crippen LogP contribution in [-0.4, -0.2) is 30.8 Å². The molecule has 0 fully saturated rings. The molecule has 22 heavy (non-hydrogen) atoms. The zero-order valence-corrected chi connectivity index (χ0v) is 12.7. The lowest BCUT2D eigenvalue weighted by atomic mass is 10.1. The molecule has 3 rings (SSSR count). The molecule has 3 N–H and O–H groups in total. The summed E-state index contributed by atoms with van der Waals surface area (Å²) in [6, 6.07) is 7.29. The highest BCUT2D eigenvalue weighted by atomic mass is 79.9. The largest absolute Gasteiger partial charge is 0.493 e. The molecule has 112 valence electrons. The van der Waals surface area contributed by atoms with Gasteiger partial charge in [-0.1, -0.05) is 28.1 Å². The number of aromatic amines is 1. The van der Waals surface area contributed by atoms with Gasteiger partial charge in [0, 0.05) is 10.9 Å². The van der Waals surface area contributed by atoms with Gasteiger partial charge >= 0.3 is 5.97 Å². The van der Waals surface area contributed by atoms with E-state index in [1.54, 1.807) is 0 Å². The van der Waals surface area contributed by atoms with Crippen LogP contribution in [0, 0.1) is 0 Å². The maximum Gasteiger partial charge on any atom is 0.341 e. The number of halogens is 1. The first-order valence-electron chi connectivity index (χ1n) is 6.27. The molecule has 3 aromatic rings. The van der Waals surface area contributed by atoms with E-state index in [4.69, 9.17) is 5.11 Å². The van der Waals surface area contributed by atoms with Crippen molar-refractivity contribution >= 4 is 27.5 Å². The lowest BCUT2D eigenvalue weighted by molar-refractivity contribution is 0.0698. The Morgan fingerprint density at radius 2 is 2.00 bits per heavy atom. The number of fused-ring (bicyclic) bond motifs is 1. The Labute approximate surface area is 132 Å². The van der Waals surface area contributed by atoms with Crippen molar-refractivity contribution in [3.63, 3.8) is 0 Å². The number of benzene rings is 1. The van der Waals surface area contributed by atoms with Gasteiger partial charge < -0.3 is 15.2 Å². The molecule has 1 aromatic carbocycles. The van der Waals surface area contributed by atoms with Crippen molar-refractivity contribution < 1.29 is 15.0 Å². The molecule has 0 aliphatic carbocycles. The summed E-state index contributed by atoms with van der Waals surface area (Å²) < 4.78 is 1.92. The predicted octanol–water partition coefficient (Wildman–Crippen LogP) is 1.78. The number of carboxylic acids is 1. The van der Waals surface area contributed by atoms with Crippen LogP contribution in [0.3, 0.4) is 0 Å². The van der Waals surface area contributed by atoms with Crippen molar-refractivity contribution in [2.45, 2.75) is 6.42 Å². The second-order valence-electron chi connectivity index (χ2n) is 4.68. The zero-order valence-electron chi connectivity index (χ0n) is 11.1. The van der Waals surface area contributed by atoms with E-state index in [2.05, 4.69) is 26.0 Å². The predicted molar refractivity (Wildman–Crippen MR) is 81.4 cm³/mol. The fourth-order valence-corrected chi connectivity index (χ4v) is 2.43. The van der Waals surface area contributed by atoms with E-state index in [1.165, 1.54) is 0 Å². The second-order valence-corrected chi connectivity index (χ2v) is 5.60. The first kappa shape index (κ1) is 14.3. The number of rotatable bonds is 3. The van der Waals surface area contributed by atoms with Gasteiger partial charge in [0.1, 0.15) is 5.56 Å². The van der Waals surface area contributed by atoms with Crippen molar-refractivity contribution in [2.24, 2.45) is 0 Å². The van der Waals surface area contributed by atoms with Crippen LogP contribution in [0.15, 0.2) is 39.7 Å². The lowest BCUT2D eigenvalue weighted by Crippen LogP contribution is -2.17. The van der Waals surface area contributed by atoms with Crippen molar-refractivity contribution in [3.8, 4) is 5.88 Å². The van der Waals surface area contributed by atoms with Crippen LogP contribution in [0.25, 0.3) is 5.65 Å². The number of nitrogens with zero attached hydrogens (tertiary/aromatic N) is 2. The Morgan fingerprint density at radius 3 is 2.64 bits per heavy atom. The highest BCUT2D eigenvalue weighted by Gasteiger charge is 2.18. The zero-order chi connectivity index (χ0) is 15.9. The van der Waals surface area contributed by atoms with Gasteiger partial charge in [-0.25, -0.2) is 4.79 Å². The fourth-order valence-electron chi connectivity index (χ4n) is 2.16. The van der Waals surface area contributed by atoms with E-state index in [-0.39, 0.29) is 29.1 Å². The number of carboxylic acid groups (broad SMARTS) is 1. The third kappa shape index (κ3) is 2.37. The number of aromatic carboxylic acids is 1. The third-order valence-corrected chi connectivity index (χ3v) is 3.80. The van der Waals surface area contributed by atoms with Gasteiger partial charge in [0.05, 0.1) is 11.8 Å². The van der Waals surface area contributed by atoms with E-state index >= 15 is 0 Å². The molecule has 2 aromatic heterocycles. The van der Waals surface area contributed by atoms with E-state index in [9.17, 15) is 14.7 Å². The molecule has 2 heterocycles. The topological polar surface area (TPSA) is 108 Å². The summed E-state index contributed by atoms with van der Waals surface area (Å²) in [5.74, 6) is -1.60. The van der Waals surface area contributed by atoms with Gasteiger partial charge in [-0.3, -0.25) is 4.79 Å². The van der Waals surface area contributed by atoms with E-state index in [1.807, 2.05) is 24.3 Å².